The molecule has 0 radical (unpaired) electrons. The summed E-state index contributed by atoms with van der Waals surface area (Å²) in [4.78, 5) is 25.1. The lowest BCUT2D eigenvalue weighted by atomic mass is 9.98. The van der Waals surface area contributed by atoms with E-state index >= 15 is 0 Å². The third-order valence-electron chi connectivity index (χ3n) is 4.55. The second kappa shape index (κ2) is 8.99. The fraction of sp³-hybridized carbons (Fsp3) is 0.474. The number of rotatable bonds is 4. The first kappa shape index (κ1) is 20.0. The first-order valence-electron chi connectivity index (χ1n) is 9.09. The lowest BCUT2D eigenvalue weighted by Crippen LogP contribution is -2.42. The minimum absolute atomic E-state index is 0.0186. The van der Waals surface area contributed by atoms with Crippen LogP contribution in [0, 0.1) is 24.2 Å². The molecule has 1 unspecified atom stereocenters. The molecule has 9 heteroatoms. The Labute approximate surface area is 168 Å². The second-order valence-corrected chi connectivity index (χ2v) is 8.01. The van der Waals surface area contributed by atoms with Gasteiger partial charge in [0, 0.05) is 38.8 Å². The van der Waals surface area contributed by atoms with Gasteiger partial charge in [0.15, 0.2) is 5.13 Å². The normalized spacial score (nSPS) is 16.9. The molecule has 0 aliphatic carbocycles. The Balaban J connectivity index is 1.66. The SMILES string of the molecule is Cc1nc(Nc2ncc(C#N)s2)ccc1CC1COCCN(C(=O)N(C)C)C1. The van der Waals surface area contributed by atoms with Gasteiger partial charge in [-0.3, -0.25) is 0 Å². The first-order chi connectivity index (χ1) is 13.5. The van der Waals surface area contributed by atoms with Crippen LogP contribution >= 0.6 is 11.3 Å². The summed E-state index contributed by atoms with van der Waals surface area (Å²) in [6.45, 7) is 4.46. The highest BCUT2D eigenvalue weighted by Crippen LogP contribution is 2.23. The molecule has 1 aliphatic rings. The molecule has 3 heterocycles. The smallest absolute Gasteiger partial charge is 0.319 e. The standard InChI is InChI=1S/C19H24N6O2S/c1-13-15(4-5-17(22-13)23-18-21-10-16(9-20)28-18)8-14-11-25(6-7-27-12-14)19(26)24(2)3/h4-5,10,14H,6-8,11-12H2,1-3H3,(H,21,22,23). The zero-order valence-electron chi connectivity index (χ0n) is 16.3. The van der Waals surface area contributed by atoms with Crippen LogP contribution in [0.1, 0.15) is 16.1 Å². The van der Waals surface area contributed by atoms with E-state index in [0.29, 0.717) is 42.1 Å². The minimum Gasteiger partial charge on any atom is -0.379 e. The number of pyridine rings is 1. The maximum absolute atomic E-state index is 12.3. The summed E-state index contributed by atoms with van der Waals surface area (Å²) in [5.74, 6) is 0.921. The van der Waals surface area contributed by atoms with Crippen LogP contribution in [0.5, 0.6) is 0 Å². The van der Waals surface area contributed by atoms with Crippen LogP contribution < -0.4 is 5.32 Å². The van der Waals surface area contributed by atoms with Gasteiger partial charge in [0.25, 0.3) is 0 Å². The molecule has 1 aliphatic heterocycles. The summed E-state index contributed by atoms with van der Waals surface area (Å²) in [5, 5.41) is 12.7. The van der Waals surface area contributed by atoms with E-state index in [0.717, 1.165) is 17.7 Å². The van der Waals surface area contributed by atoms with Crippen LogP contribution in [0.25, 0.3) is 0 Å². The van der Waals surface area contributed by atoms with Crippen LogP contribution in [-0.4, -0.2) is 66.2 Å². The Morgan fingerprint density at radius 3 is 3.00 bits per heavy atom. The summed E-state index contributed by atoms with van der Waals surface area (Å²) in [7, 11) is 3.54. The highest BCUT2D eigenvalue weighted by Gasteiger charge is 2.24. The third-order valence-corrected chi connectivity index (χ3v) is 5.36. The van der Waals surface area contributed by atoms with Gasteiger partial charge in [-0.05, 0) is 25.0 Å². The predicted octanol–water partition coefficient (Wildman–Crippen LogP) is 2.63. The van der Waals surface area contributed by atoms with Crippen molar-refractivity contribution >= 4 is 28.3 Å². The summed E-state index contributed by atoms with van der Waals surface area (Å²) >= 11 is 1.29. The number of urea groups is 1. The third kappa shape index (κ3) is 4.97. The van der Waals surface area contributed by atoms with Crippen molar-refractivity contribution in [3.8, 4) is 6.07 Å². The predicted molar refractivity (Wildman–Crippen MR) is 108 cm³/mol. The number of carbonyl (C=O) groups is 1. The van der Waals surface area contributed by atoms with Gasteiger partial charge in [-0.1, -0.05) is 17.4 Å². The monoisotopic (exact) mass is 400 g/mol. The largest absolute Gasteiger partial charge is 0.379 e. The van der Waals surface area contributed by atoms with Gasteiger partial charge in [0.2, 0.25) is 0 Å². The molecule has 1 saturated heterocycles. The number of nitrogens with one attached hydrogen (secondary N) is 1. The summed E-state index contributed by atoms with van der Waals surface area (Å²) in [6.07, 6.45) is 2.34. The van der Waals surface area contributed by atoms with Crippen molar-refractivity contribution in [2.45, 2.75) is 13.3 Å². The fourth-order valence-electron chi connectivity index (χ4n) is 3.14. The molecule has 3 rings (SSSR count). The summed E-state index contributed by atoms with van der Waals surface area (Å²) in [6, 6.07) is 6.05. The van der Waals surface area contributed by atoms with E-state index < -0.39 is 0 Å². The number of nitrogens with zero attached hydrogens (tertiary/aromatic N) is 5. The number of aryl methyl sites for hydroxylation is 1. The summed E-state index contributed by atoms with van der Waals surface area (Å²) < 4.78 is 5.72. The van der Waals surface area contributed by atoms with E-state index in [1.807, 2.05) is 24.0 Å². The molecule has 8 nitrogen and oxygen atoms in total. The molecular formula is C19H24N6O2S. The fourth-order valence-corrected chi connectivity index (χ4v) is 3.76. The number of hydrogen-bond donors (Lipinski definition) is 1. The Kier molecular flexibility index (Phi) is 6.44. The van der Waals surface area contributed by atoms with Gasteiger partial charge in [-0.15, -0.1) is 0 Å². The molecule has 28 heavy (non-hydrogen) atoms. The number of amides is 2. The molecule has 2 aromatic heterocycles. The lowest BCUT2D eigenvalue weighted by Gasteiger charge is -2.26. The van der Waals surface area contributed by atoms with Crippen LogP contribution in [0.15, 0.2) is 18.3 Å². The molecule has 2 aromatic rings. The number of carbonyl (C=O) groups excluding carboxylic acids is 1. The number of aromatic nitrogens is 2. The zero-order chi connectivity index (χ0) is 20.1. The minimum atomic E-state index is 0.0186. The first-order valence-corrected chi connectivity index (χ1v) is 9.91. The van der Waals surface area contributed by atoms with Crippen molar-refractivity contribution < 1.29 is 9.53 Å². The molecule has 0 bridgehead atoms. The van der Waals surface area contributed by atoms with E-state index in [4.69, 9.17) is 10.00 Å². The molecule has 148 valence electrons. The van der Waals surface area contributed by atoms with E-state index in [9.17, 15) is 4.79 Å². The Morgan fingerprint density at radius 2 is 2.32 bits per heavy atom. The van der Waals surface area contributed by atoms with Gasteiger partial charge < -0.3 is 19.9 Å². The highest BCUT2D eigenvalue weighted by molar-refractivity contribution is 7.16. The van der Waals surface area contributed by atoms with Crippen LogP contribution in [0.2, 0.25) is 0 Å². The lowest BCUT2D eigenvalue weighted by molar-refractivity contribution is 0.121. The van der Waals surface area contributed by atoms with Crippen LogP contribution in [0.3, 0.4) is 0 Å². The molecule has 0 spiro atoms. The van der Waals surface area contributed by atoms with Crippen molar-refractivity contribution in [3.05, 3.63) is 34.5 Å². The Morgan fingerprint density at radius 1 is 1.50 bits per heavy atom. The van der Waals surface area contributed by atoms with Gasteiger partial charge in [0.05, 0.1) is 19.4 Å². The Hall–Kier alpha value is -2.70. The maximum Gasteiger partial charge on any atom is 0.319 e. The van der Waals surface area contributed by atoms with E-state index in [1.165, 1.54) is 11.3 Å². The molecule has 0 aromatic carbocycles. The van der Waals surface area contributed by atoms with Gasteiger partial charge >= 0.3 is 6.03 Å². The average molecular weight is 401 g/mol. The average Bonchev–Trinajstić information content (AvgIpc) is 2.99. The van der Waals surface area contributed by atoms with E-state index in [1.54, 1.807) is 25.2 Å². The molecule has 0 saturated carbocycles. The van der Waals surface area contributed by atoms with Crippen molar-refractivity contribution in [1.29, 1.82) is 5.26 Å². The van der Waals surface area contributed by atoms with Gasteiger partial charge in [-0.25, -0.2) is 14.8 Å². The van der Waals surface area contributed by atoms with E-state index in [2.05, 4.69) is 21.4 Å². The van der Waals surface area contributed by atoms with E-state index in [-0.39, 0.29) is 11.9 Å². The molecule has 1 atom stereocenters. The van der Waals surface area contributed by atoms with Gasteiger partial charge in [-0.2, -0.15) is 5.26 Å². The van der Waals surface area contributed by atoms with Crippen molar-refractivity contribution in [1.82, 2.24) is 19.8 Å². The van der Waals surface area contributed by atoms with Crippen LogP contribution in [0.4, 0.5) is 15.7 Å². The second-order valence-electron chi connectivity index (χ2n) is 6.98. The van der Waals surface area contributed by atoms with Crippen molar-refractivity contribution in [2.75, 3.05) is 45.7 Å². The van der Waals surface area contributed by atoms with Crippen molar-refractivity contribution in [3.63, 3.8) is 0 Å². The number of nitriles is 1. The number of ether oxygens (including phenoxy) is 1. The number of hydrogen-bond acceptors (Lipinski definition) is 7. The van der Waals surface area contributed by atoms with Gasteiger partial charge in [0.1, 0.15) is 16.8 Å². The highest BCUT2D eigenvalue weighted by atomic mass is 32.1. The van der Waals surface area contributed by atoms with Crippen molar-refractivity contribution in [2.24, 2.45) is 5.92 Å². The topological polar surface area (TPSA) is 94.4 Å². The zero-order valence-corrected chi connectivity index (χ0v) is 17.1. The number of thiazole rings is 1. The van der Waals surface area contributed by atoms with Crippen LogP contribution in [-0.2, 0) is 11.2 Å². The molecule has 1 fully saturated rings. The quantitative estimate of drug-likeness (QED) is 0.848. The molecule has 2 amide bonds. The maximum atomic E-state index is 12.3. The molecule has 1 N–H and O–H groups in total. The molecular weight excluding hydrogens is 376 g/mol. The number of anilines is 2. The summed E-state index contributed by atoms with van der Waals surface area (Å²) in [5.41, 5.74) is 2.06. The Bertz CT molecular complexity index is 876.